The molecule has 2 aliphatic heterocycles. The van der Waals surface area contributed by atoms with Crippen molar-refractivity contribution in [3.05, 3.63) is 18.3 Å². The molecular formula is C24H25F5N6O5. The molecule has 0 radical (unpaired) electrons. The van der Waals surface area contributed by atoms with E-state index in [-0.39, 0.29) is 31.2 Å². The number of amides is 4. The van der Waals surface area contributed by atoms with Crippen LogP contribution in [0.2, 0.25) is 0 Å². The van der Waals surface area contributed by atoms with E-state index in [1.807, 2.05) is 6.07 Å². The zero-order valence-corrected chi connectivity index (χ0v) is 21.3. The highest BCUT2D eigenvalue weighted by atomic mass is 19.4. The van der Waals surface area contributed by atoms with Crippen LogP contribution in [0.25, 0.3) is 0 Å². The lowest BCUT2D eigenvalue weighted by Gasteiger charge is -2.35. The molecule has 4 rings (SSSR count). The summed E-state index contributed by atoms with van der Waals surface area (Å²) >= 11 is 0. The summed E-state index contributed by atoms with van der Waals surface area (Å²) < 4.78 is 70.3. The zero-order valence-electron chi connectivity index (χ0n) is 21.3. The van der Waals surface area contributed by atoms with Crippen molar-refractivity contribution >= 4 is 29.3 Å². The second-order valence-electron chi connectivity index (χ2n) is 10.1. The molecule has 1 spiro atoms. The Morgan fingerprint density at radius 1 is 1.32 bits per heavy atom. The standard InChI is InChI=1S/C24H25F5N6O5/c1-12(32-21(39)23(25,26)24(27,28)29)18(36)34(2)16(8-13-5-6-13)19(37)35-11-22(9-14(35)10-30)20(38)33-15-4-3-7-31-17(15)40-22/h3-4,7,12-14,16H,5-6,8-9,11H2,1-2H3,(H,32,39)(H,33,38). The van der Waals surface area contributed by atoms with Crippen LogP contribution >= 0.6 is 0 Å². The van der Waals surface area contributed by atoms with Gasteiger partial charge in [-0.15, -0.1) is 0 Å². The van der Waals surface area contributed by atoms with Crippen LogP contribution in [0.3, 0.4) is 0 Å². The van der Waals surface area contributed by atoms with Gasteiger partial charge in [-0.2, -0.15) is 27.2 Å². The maximum Gasteiger partial charge on any atom is 0.463 e. The Kier molecular flexibility index (Phi) is 7.37. The summed E-state index contributed by atoms with van der Waals surface area (Å²) in [6, 6.07) is 0.850. The van der Waals surface area contributed by atoms with Gasteiger partial charge in [-0.3, -0.25) is 19.2 Å². The maximum absolute atomic E-state index is 13.8. The van der Waals surface area contributed by atoms with Crippen LogP contribution < -0.4 is 15.4 Å². The van der Waals surface area contributed by atoms with Crippen LogP contribution in [0, 0.1) is 17.2 Å². The molecule has 4 atom stereocenters. The number of nitriles is 1. The van der Waals surface area contributed by atoms with Crippen LogP contribution in [0.15, 0.2) is 18.3 Å². The molecule has 3 aliphatic rings. The second-order valence-corrected chi connectivity index (χ2v) is 10.1. The Morgan fingerprint density at radius 3 is 2.60 bits per heavy atom. The zero-order chi connectivity index (χ0) is 29.6. The van der Waals surface area contributed by atoms with Gasteiger partial charge in [0.1, 0.15) is 23.8 Å². The Labute approximate surface area is 224 Å². The number of rotatable bonds is 7. The summed E-state index contributed by atoms with van der Waals surface area (Å²) in [7, 11) is 1.15. The molecule has 2 fully saturated rings. The fourth-order valence-corrected chi connectivity index (χ4v) is 4.71. The van der Waals surface area contributed by atoms with Crippen molar-refractivity contribution in [3.63, 3.8) is 0 Å². The van der Waals surface area contributed by atoms with E-state index in [0.717, 1.165) is 36.6 Å². The van der Waals surface area contributed by atoms with Crippen molar-refractivity contribution in [1.82, 2.24) is 20.1 Å². The molecule has 3 heterocycles. The number of fused-ring (bicyclic) bond motifs is 1. The quantitative estimate of drug-likeness (QED) is 0.473. The third-order valence-corrected chi connectivity index (χ3v) is 7.20. The number of likely N-dealkylation sites (tertiary alicyclic amines) is 1. The molecule has 4 amide bonds. The number of nitrogens with one attached hydrogen (secondary N) is 2. The topological polar surface area (TPSA) is 145 Å². The van der Waals surface area contributed by atoms with Gasteiger partial charge >= 0.3 is 18.0 Å². The molecule has 11 nitrogen and oxygen atoms in total. The number of hydrogen-bond donors (Lipinski definition) is 2. The van der Waals surface area contributed by atoms with E-state index < -0.39 is 59.5 Å². The summed E-state index contributed by atoms with van der Waals surface area (Å²) in [4.78, 5) is 57.4. The Bertz CT molecular complexity index is 1270. The molecule has 2 N–H and O–H groups in total. The number of likely N-dealkylation sites (N-methyl/N-ethyl adjacent to an activating group) is 1. The normalized spacial score (nSPS) is 23.8. The summed E-state index contributed by atoms with van der Waals surface area (Å²) in [6.07, 6.45) is -3.37. The Morgan fingerprint density at radius 2 is 2.00 bits per heavy atom. The first-order valence-electron chi connectivity index (χ1n) is 12.3. The Balaban J connectivity index is 1.53. The van der Waals surface area contributed by atoms with Crippen molar-refractivity contribution in [1.29, 1.82) is 5.26 Å². The predicted octanol–water partition coefficient (Wildman–Crippen LogP) is 1.61. The van der Waals surface area contributed by atoms with Crippen LogP contribution in [-0.2, 0) is 19.2 Å². The fourth-order valence-electron chi connectivity index (χ4n) is 4.71. The number of halogens is 5. The van der Waals surface area contributed by atoms with Gasteiger partial charge in [0.15, 0.2) is 0 Å². The van der Waals surface area contributed by atoms with Crippen molar-refractivity contribution in [2.45, 2.75) is 68.4 Å². The molecule has 16 heteroatoms. The van der Waals surface area contributed by atoms with Gasteiger partial charge in [0.05, 0.1) is 12.6 Å². The summed E-state index contributed by atoms with van der Waals surface area (Å²) in [5, 5.41) is 13.8. The number of pyridine rings is 1. The average Bonchev–Trinajstić information content (AvgIpc) is 3.64. The van der Waals surface area contributed by atoms with Gasteiger partial charge in [0.2, 0.25) is 23.3 Å². The van der Waals surface area contributed by atoms with Crippen molar-refractivity contribution in [2.75, 3.05) is 18.9 Å². The first-order chi connectivity index (χ1) is 18.6. The highest BCUT2D eigenvalue weighted by Crippen LogP contribution is 2.41. The highest BCUT2D eigenvalue weighted by molar-refractivity contribution is 6.02. The lowest BCUT2D eigenvalue weighted by Crippen LogP contribution is -2.59. The number of anilines is 1. The number of carbonyl (C=O) groups excluding carboxylic acids is 4. The Hall–Kier alpha value is -4.03. The molecule has 1 saturated heterocycles. The lowest BCUT2D eigenvalue weighted by molar-refractivity contribution is -0.270. The van der Waals surface area contributed by atoms with Crippen LogP contribution in [0.5, 0.6) is 5.88 Å². The minimum Gasteiger partial charge on any atom is -0.457 e. The molecule has 4 unspecified atom stereocenters. The minimum atomic E-state index is -6.17. The second kappa shape index (κ2) is 10.2. The molecule has 216 valence electrons. The third kappa shape index (κ3) is 5.24. The maximum atomic E-state index is 13.8. The van der Waals surface area contributed by atoms with Crippen molar-refractivity contribution in [2.24, 2.45) is 5.92 Å². The predicted molar refractivity (Wildman–Crippen MR) is 124 cm³/mol. The van der Waals surface area contributed by atoms with E-state index in [4.69, 9.17) is 4.74 Å². The summed E-state index contributed by atoms with van der Waals surface area (Å²) in [5.41, 5.74) is -1.34. The first-order valence-corrected chi connectivity index (χ1v) is 12.3. The number of nitrogens with zero attached hydrogens (tertiary/aromatic N) is 4. The molecule has 1 saturated carbocycles. The van der Waals surface area contributed by atoms with E-state index >= 15 is 0 Å². The SMILES string of the molecule is CC(NC(=O)C(F)(F)C(F)(F)F)C(=O)N(C)C(CC1CC1)C(=O)N1CC2(CC1C#N)Oc1ncccc1NC2=O. The smallest absolute Gasteiger partial charge is 0.457 e. The first kappa shape index (κ1) is 29.0. The molecule has 0 aromatic carbocycles. The average molecular weight is 572 g/mol. The van der Waals surface area contributed by atoms with Crippen LogP contribution in [-0.4, -0.2) is 87.8 Å². The van der Waals surface area contributed by atoms with Crippen molar-refractivity contribution < 1.29 is 45.9 Å². The van der Waals surface area contributed by atoms with Crippen LogP contribution in [0.1, 0.15) is 32.6 Å². The fraction of sp³-hybridized carbons (Fsp3) is 0.583. The molecule has 40 heavy (non-hydrogen) atoms. The molecule has 1 aliphatic carbocycles. The van der Waals surface area contributed by atoms with Gasteiger partial charge in [-0.05, 0) is 31.4 Å². The number of ether oxygens (including phenoxy) is 1. The molecule has 0 bridgehead atoms. The minimum absolute atomic E-state index is 0.0195. The van der Waals surface area contributed by atoms with Gasteiger partial charge in [0.25, 0.3) is 5.91 Å². The molecular weight excluding hydrogens is 547 g/mol. The van der Waals surface area contributed by atoms with Gasteiger partial charge in [0, 0.05) is 19.7 Å². The largest absolute Gasteiger partial charge is 0.463 e. The summed E-state index contributed by atoms with van der Waals surface area (Å²) in [5.74, 6) is -10.8. The third-order valence-electron chi connectivity index (χ3n) is 7.20. The number of alkyl halides is 5. The summed E-state index contributed by atoms with van der Waals surface area (Å²) in [6.45, 7) is 0.550. The van der Waals surface area contributed by atoms with E-state index in [1.165, 1.54) is 11.5 Å². The monoisotopic (exact) mass is 572 g/mol. The number of hydrogen-bond acceptors (Lipinski definition) is 7. The highest BCUT2D eigenvalue weighted by Gasteiger charge is 2.64. The molecule has 1 aromatic heterocycles. The van der Waals surface area contributed by atoms with Gasteiger partial charge in [-0.1, -0.05) is 12.8 Å². The lowest BCUT2D eigenvalue weighted by atomic mass is 9.97. The van der Waals surface area contributed by atoms with Crippen LogP contribution in [0.4, 0.5) is 27.6 Å². The van der Waals surface area contributed by atoms with E-state index in [9.17, 15) is 46.4 Å². The van der Waals surface area contributed by atoms with E-state index in [0.29, 0.717) is 5.69 Å². The van der Waals surface area contributed by atoms with Gasteiger partial charge in [-0.25, -0.2) is 4.98 Å². The van der Waals surface area contributed by atoms with E-state index in [2.05, 4.69) is 10.3 Å². The van der Waals surface area contributed by atoms with Crippen molar-refractivity contribution in [3.8, 4) is 11.9 Å². The molecule has 1 aromatic rings. The number of carbonyl (C=O) groups is 4. The van der Waals surface area contributed by atoms with Gasteiger partial charge < -0.3 is 25.2 Å². The number of aromatic nitrogens is 1. The van der Waals surface area contributed by atoms with E-state index in [1.54, 1.807) is 12.1 Å².